The summed E-state index contributed by atoms with van der Waals surface area (Å²) in [6.45, 7) is 6.39. The molecule has 1 aliphatic heterocycles. The van der Waals surface area contributed by atoms with Crippen LogP contribution in [0.3, 0.4) is 0 Å². The van der Waals surface area contributed by atoms with E-state index in [1.165, 1.54) is 0 Å². The quantitative estimate of drug-likeness (QED) is 0.513. The van der Waals surface area contributed by atoms with Gasteiger partial charge in [-0.15, -0.1) is 0 Å². The van der Waals surface area contributed by atoms with E-state index < -0.39 is 5.54 Å². The molecule has 1 saturated carbocycles. The van der Waals surface area contributed by atoms with Gasteiger partial charge in [0.05, 0.1) is 18.9 Å². The van der Waals surface area contributed by atoms with Crippen molar-refractivity contribution in [2.75, 3.05) is 44.0 Å². The van der Waals surface area contributed by atoms with Gasteiger partial charge in [0.2, 0.25) is 23.7 Å². The summed E-state index contributed by atoms with van der Waals surface area (Å²) < 4.78 is 13.4. The number of hydrogen-bond donors (Lipinski definition) is 1. The van der Waals surface area contributed by atoms with Crippen LogP contribution < -0.4 is 15.4 Å². The third kappa shape index (κ3) is 4.81. The predicted molar refractivity (Wildman–Crippen MR) is 132 cm³/mol. The number of morpholine rings is 1. The Balaban J connectivity index is 1.29. The maximum Gasteiger partial charge on any atom is 0.249 e. The molecular weight excluding hydrogens is 462 g/mol. The van der Waals surface area contributed by atoms with E-state index in [4.69, 9.17) is 20.2 Å². The number of amides is 1. The highest BCUT2D eigenvalue weighted by Crippen LogP contribution is 2.32. The summed E-state index contributed by atoms with van der Waals surface area (Å²) in [6.07, 6.45) is 8.14. The minimum atomic E-state index is -0.764. The number of nitrogens with two attached hydrogens (primary N) is 1. The summed E-state index contributed by atoms with van der Waals surface area (Å²) in [4.78, 5) is 34.6. The van der Waals surface area contributed by atoms with Crippen LogP contribution in [0, 0.1) is 0 Å². The molecule has 0 spiro atoms. The molecule has 3 aromatic rings. The highest BCUT2D eigenvalue weighted by atomic mass is 16.5. The molecule has 2 fully saturated rings. The fourth-order valence-electron chi connectivity index (χ4n) is 4.41. The molecule has 0 atom stereocenters. The smallest absolute Gasteiger partial charge is 0.249 e. The fourth-order valence-corrected chi connectivity index (χ4v) is 4.41. The van der Waals surface area contributed by atoms with Gasteiger partial charge in [-0.25, -0.2) is 15.0 Å². The molecule has 36 heavy (non-hydrogen) atoms. The first-order chi connectivity index (χ1) is 17.3. The Kier molecular flexibility index (Phi) is 6.44. The average Bonchev–Trinajstić information content (AvgIpc) is 3.42. The Bertz CT molecular complexity index is 1190. The zero-order valence-corrected chi connectivity index (χ0v) is 20.7. The van der Waals surface area contributed by atoms with Gasteiger partial charge in [-0.05, 0) is 19.9 Å². The first-order valence-electron chi connectivity index (χ1n) is 12.0. The highest BCUT2D eigenvalue weighted by Gasteiger charge is 2.41. The lowest BCUT2D eigenvalue weighted by Crippen LogP contribution is -2.55. The Morgan fingerprint density at radius 1 is 1.19 bits per heavy atom. The van der Waals surface area contributed by atoms with E-state index in [0.29, 0.717) is 56.7 Å². The summed E-state index contributed by atoms with van der Waals surface area (Å²) >= 11 is 0. The van der Waals surface area contributed by atoms with Crippen molar-refractivity contribution in [1.82, 2.24) is 34.6 Å². The number of anilines is 2. The zero-order chi connectivity index (χ0) is 25.3. The lowest BCUT2D eigenvalue weighted by atomic mass is 9.87. The van der Waals surface area contributed by atoms with Crippen LogP contribution in [0.4, 0.5) is 11.9 Å². The number of hydrogen-bond acceptors (Lipinski definition) is 10. The van der Waals surface area contributed by atoms with Gasteiger partial charge in [0.15, 0.2) is 0 Å². The van der Waals surface area contributed by atoms with Gasteiger partial charge >= 0.3 is 0 Å². The van der Waals surface area contributed by atoms with Crippen LogP contribution in [-0.4, -0.2) is 86.0 Å². The van der Waals surface area contributed by atoms with E-state index in [9.17, 15) is 4.79 Å². The first kappa shape index (κ1) is 23.9. The summed E-state index contributed by atoms with van der Waals surface area (Å²) in [6, 6.07) is 3.70. The van der Waals surface area contributed by atoms with Crippen LogP contribution in [0.15, 0.2) is 36.9 Å². The molecule has 1 saturated heterocycles. The van der Waals surface area contributed by atoms with E-state index >= 15 is 0 Å². The van der Waals surface area contributed by atoms with Crippen LogP contribution in [-0.2, 0) is 15.1 Å². The number of rotatable bonds is 7. The van der Waals surface area contributed by atoms with Gasteiger partial charge < -0.3 is 25.0 Å². The van der Waals surface area contributed by atoms with Gasteiger partial charge in [-0.3, -0.25) is 9.48 Å². The van der Waals surface area contributed by atoms with Crippen molar-refractivity contribution in [1.29, 1.82) is 0 Å². The number of aromatic nitrogens is 6. The van der Waals surface area contributed by atoms with Crippen LogP contribution in [0.25, 0.3) is 11.3 Å². The van der Waals surface area contributed by atoms with Crippen molar-refractivity contribution in [2.45, 2.75) is 44.4 Å². The molecule has 5 rings (SSSR count). The largest absolute Gasteiger partial charge is 0.474 e. The minimum Gasteiger partial charge on any atom is -0.474 e. The van der Waals surface area contributed by atoms with Crippen molar-refractivity contribution in [2.24, 2.45) is 0 Å². The standard InChI is InChI=1S/C24H31N9O3/c1-24(2,33-6-4-5-28-33)21(34)31(3)17-11-18(12-17)36-20-13-19(16-14-26-22(25)27-15-16)29-23(30-20)32-7-9-35-10-8-32/h4-6,13-15,17-18H,7-12H2,1-3H3,(H2,25,26,27). The second-order valence-electron chi connectivity index (χ2n) is 9.61. The van der Waals surface area contributed by atoms with E-state index in [1.54, 1.807) is 34.2 Å². The number of carbonyl (C=O) groups excluding carboxylic acids is 1. The molecule has 3 aromatic heterocycles. The van der Waals surface area contributed by atoms with Crippen molar-refractivity contribution in [3.05, 3.63) is 36.9 Å². The zero-order valence-electron chi connectivity index (χ0n) is 20.7. The molecular formula is C24H31N9O3. The van der Waals surface area contributed by atoms with Crippen LogP contribution >= 0.6 is 0 Å². The predicted octanol–water partition coefficient (Wildman–Crippen LogP) is 1.35. The molecule has 2 aliphatic rings. The Hall–Kier alpha value is -3.80. The van der Waals surface area contributed by atoms with Crippen molar-refractivity contribution in [3.63, 3.8) is 0 Å². The van der Waals surface area contributed by atoms with Crippen LogP contribution in [0.2, 0.25) is 0 Å². The summed E-state index contributed by atoms with van der Waals surface area (Å²) in [5.74, 6) is 1.27. The Morgan fingerprint density at radius 2 is 1.92 bits per heavy atom. The number of nitrogens with zero attached hydrogens (tertiary/aromatic N) is 8. The van der Waals surface area contributed by atoms with E-state index in [0.717, 1.165) is 5.56 Å². The lowest BCUT2D eigenvalue weighted by molar-refractivity contribution is -0.144. The molecule has 0 unspecified atom stereocenters. The Morgan fingerprint density at radius 3 is 2.58 bits per heavy atom. The minimum absolute atomic E-state index is 0.0110. The van der Waals surface area contributed by atoms with E-state index in [2.05, 4.69) is 25.0 Å². The molecule has 4 heterocycles. The van der Waals surface area contributed by atoms with E-state index in [1.807, 2.05) is 33.2 Å². The van der Waals surface area contributed by atoms with Gasteiger partial charge in [0.25, 0.3) is 0 Å². The molecule has 2 N–H and O–H groups in total. The summed E-state index contributed by atoms with van der Waals surface area (Å²) in [5.41, 5.74) is 6.27. The third-order valence-corrected chi connectivity index (χ3v) is 6.78. The number of ether oxygens (including phenoxy) is 2. The molecule has 12 nitrogen and oxygen atoms in total. The van der Waals surface area contributed by atoms with Crippen molar-refractivity contribution < 1.29 is 14.3 Å². The van der Waals surface area contributed by atoms with Crippen LogP contribution in [0.5, 0.6) is 5.88 Å². The third-order valence-electron chi connectivity index (χ3n) is 6.78. The molecule has 1 aliphatic carbocycles. The molecule has 0 radical (unpaired) electrons. The molecule has 12 heteroatoms. The topological polar surface area (TPSA) is 137 Å². The van der Waals surface area contributed by atoms with E-state index in [-0.39, 0.29) is 24.0 Å². The maximum absolute atomic E-state index is 13.2. The van der Waals surface area contributed by atoms with Gasteiger partial charge in [-0.2, -0.15) is 10.1 Å². The SMILES string of the molecule is CN(C(=O)C(C)(C)n1cccn1)C1CC(Oc2cc(-c3cnc(N)nc3)nc(N3CCOCC3)n2)C1. The normalized spacial score (nSPS) is 20.0. The van der Waals surface area contributed by atoms with Gasteiger partial charge in [0.1, 0.15) is 11.6 Å². The van der Waals surface area contributed by atoms with Gasteiger partial charge in [0, 0.05) is 75.4 Å². The number of nitrogen functional groups attached to an aromatic ring is 1. The molecule has 0 aromatic carbocycles. The first-order valence-corrected chi connectivity index (χ1v) is 12.0. The summed E-state index contributed by atoms with van der Waals surface area (Å²) in [7, 11) is 1.84. The van der Waals surface area contributed by atoms with Gasteiger partial charge in [-0.1, -0.05) is 0 Å². The number of carbonyl (C=O) groups is 1. The van der Waals surface area contributed by atoms with Crippen LogP contribution in [0.1, 0.15) is 26.7 Å². The average molecular weight is 494 g/mol. The second-order valence-corrected chi connectivity index (χ2v) is 9.61. The van der Waals surface area contributed by atoms with Crippen molar-refractivity contribution >= 4 is 17.8 Å². The molecule has 0 bridgehead atoms. The Labute approximate surface area is 209 Å². The maximum atomic E-state index is 13.2. The monoisotopic (exact) mass is 493 g/mol. The van der Waals surface area contributed by atoms with Crippen molar-refractivity contribution in [3.8, 4) is 17.1 Å². The fraction of sp³-hybridized carbons (Fsp3) is 0.500. The molecule has 1 amide bonds. The summed E-state index contributed by atoms with van der Waals surface area (Å²) in [5, 5.41) is 4.25. The second kappa shape index (κ2) is 9.69. The number of likely N-dealkylation sites (N-methyl/N-ethyl adjacent to an activating group) is 1. The highest BCUT2D eigenvalue weighted by molar-refractivity contribution is 5.83. The lowest BCUT2D eigenvalue weighted by Gasteiger charge is -2.43. The molecule has 190 valence electrons.